The van der Waals surface area contributed by atoms with Gasteiger partial charge in [0.25, 0.3) is 0 Å². The van der Waals surface area contributed by atoms with Crippen LogP contribution in [-0.2, 0) is 70.3 Å². The molecule has 0 radical (unpaired) electrons. The molecule has 2 aliphatic rings. The Morgan fingerprint density at radius 1 is 0.547 bits per heavy atom. The summed E-state index contributed by atoms with van der Waals surface area (Å²) in [5, 5.41) is 45.6. The van der Waals surface area contributed by atoms with Crippen molar-refractivity contribution >= 4 is 76.6 Å². The van der Waals surface area contributed by atoms with Crippen LogP contribution >= 0.6 is 11.6 Å². The number of benzene rings is 2. The van der Waals surface area contributed by atoms with Gasteiger partial charge in [-0.05, 0) is 118 Å². The first-order chi connectivity index (χ1) is 49.9. The van der Waals surface area contributed by atoms with Gasteiger partial charge in [-0.1, -0.05) is 130 Å². The Kier molecular flexibility index (Phi) is 38.0. The van der Waals surface area contributed by atoms with E-state index in [0.717, 1.165) is 29.1 Å². The molecule has 0 bridgehead atoms. The molecule has 0 aliphatic carbocycles. The van der Waals surface area contributed by atoms with E-state index in [2.05, 4.69) is 21.3 Å². The molecule has 2 aromatic rings. The van der Waals surface area contributed by atoms with Crippen molar-refractivity contribution in [3.63, 3.8) is 0 Å². The third kappa shape index (κ3) is 27.1. The number of ether oxygens (including phenoxy) is 1. The maximum Gasteiger partial charge on any atom is 0.248 e. The van der Waals surface area contributed by atoms with Crippen LogP contribution in [0.25, 0.3) is 0 Å². The zero-order chi connectivity index (χ0) is 79.6. The highest BCUT2D eigenvalue weighted by atomic mass is 35.5. The van der Waals surface area contributed by atoms with Gasteiger partial charge in [-0.3, -0.25) is 58.1 Å². The van der Waals surface area contributed by atoms with Crippen LogP contribution in [0.3, 0.4) is 0 Å². The molecule has 2 saturated heterocycles. The standard InChI is InChI=1S/C78H127ClN12O15/c1-19-52(10)67-77(104)90(18)64(44-54-29-22-20-23-30-54)76(103)88(16)62(45-55-31-26-32-56(79)43-55)70(97)81-58(47-106-38-28-37-92)73(100)86(14)61(41-50(6)7)72(99)83-68(53(11)93)78(105)89(17)63(42-51(8)9)75(102)87(15)60(40-49(4)5)69(96)80-57(74(101)91-35-24-21-25-36-91)46-66(95)84(12)34-27-33-65(94)85(13)59(39-48(2)3)71(98)82-67/h20,22-23,26,29-32,43,48-53,57-64,67-69,80,92-93,96H,19,21,24-25,27-28,33-42,44-47H2,1-18H3,(H,81,97)(H,82,98)(H,83,99)/t52-,53+,57-,58-,59-,60-,61-,62-,63-,64-,67-,68-,69?/m0/s1. The SMILES string of the molecule is CC[C@H](C)[C@@H]1NC(=O)[C@H](CC(C)C)N(C)C(=O)CCCN(C)C(=O)C[C@@H](C(=O)N2CCCCC2)NC(O)[C@H](CC(C)C)N(C)C(=O)[C@H](CC(C)C)N(C)C(=O)[C@H]([C@@H](C)O)NC(=O)[C@H](CC(C)C)N(C)C(=O)[C@H](COCCCO)NC(=O)[C@H](Cc2cccc(Cl)c2)N(C)C(=O)[C@H](Cc2ccccc2)N(C)C1=O. The number of aliphatic hydroxyl groups is 3. The first kappa shape index (κ1) is 91.1. The monoisotopic (exact) mass is 1510 g/mol. The van der Waals surface area contributed by atoms with Crippen LogP contribution in [0.4, 0.5) is 0 Å². The van der Waals surface area contributed by atoms with E-state index in [1.165, 1.54) is 73.7 Å². The summed E-state index contributed by atoms with van der Waals surface area (Å²) in [6.07, 6.45) is -0.513. The number of nitrogens with zero attached hydrogens (tertiary/aromatic N) is 8. The van der Waals surface area contributed by atoms with Gasteiger partial charge in [0.05, 0.1) is 31.2 Å². The van der Waals surface area contributed by atoms with Crippen molar-refractivity contribution in [3.05, 3.63) is 70.7 Å². The van der Waals surface area contributed by atoms with Crippen molar-refractivity contribution in [2.24, 2.45) is 29.6 Å². The number of amides is 11. The molecule has 596 valence electrons. The van der Waals surface area contributed by atoms with Crippen LogP contribution in [0, 0.1) is 29.6 Å². The summed E-state index contributed by atoms with van der Waals surface area (Å²) in [4.78, 5) is 176. The molecule has 4 rings (SSSR count). The number of likely N-dealkylation sites (tertiary alicyclic amines) is 1. The van der Waals surface area contributed by atoms with E-state index in [0.29, 0.717) is 35.7 Å². The fraction of sp³-hybridized carbons (Fsp3) is 0.705. The van der Waals surface area contributed by atoms with Crippen LogP contribution in [0.5, 0.6) is 0 Å². The predicted octanol–water partition coefficient (Wildman–Crippen LogP) is 4.48. The highest BCUT2D eigenvalue weighted by Gasteiger charge is 2.45. The van der Waals surface area contributed by atoms with Gasteiger partial charge in [0.1, 0.15) is 54.6 Å². The minimum atomic E-state index is -1.71. The summed E-state index contributed by atoms with van der Waals surface area (Å²) in [6, 6.07) is 2.13. The maximum absolute atomic E-state index is 15.8. The Hall–Kier alpha value is -7.30. The molecule has 1 unspecified atom stereocenters. The quantitative estimate of drug-likeness (QED) is 0.0847. The summed E-state index contributed by atoms with van der Waals surface area (Å²) in [5.41, 5.74) is 1.15. The number of carbonyl (C=O) groups excluding carboxylic acids is 11. The van der Waals surface area contributed by atoms with E-state index in [9.17, 15) is 34.5 Å². The lowest BCUT2D eigenvalue weighted by Gasteiger charge is -2.40. The average Bonchev–Trinajstić information content (AvgIpc) is 0.813. The third-order valence-corrected chi connectivity index (χ3v) is 20.6. The molecule has 0 spiro atoms. The zero-order valence-corrected chi connectivity index (χ0v) is 67.1. The summed E-state index contributed by atoms with van der Waals surface area (Å²) in [6.45, 7) is 19.9. The highest BCUT2D eigenvalue weighted by Crippen LogP contribution is 2.26. The molecule has 106 heavy (non-hydrogen) atoms. The van der Waals surface area contributed by atoms with E-state index < -0.39 is 157 Å². The van der Waals surface area contributed by atoms with E-state index in [1.807, 2.05) is 48.5 Å². The van der Waals surface area contributed by atoms with E-state index in [-0.39, 0.29) is 101 Å². The molecule has 2 heterocycles. The van der Waals surface area contributed by atoms with Gasteiger partial charge in [-0.2, -0.15) is 0 Å². The van der Waals surface area contributed by atoms with Crippen molar-refractivity contribution in [1.29, 1.82) is 0 Å². The Balaban J connectivity index is 1.99. The molecule has 7 N–H and O–H groups in total. The Morgan fingerprint density at radius 3 is 1.60 bits per heavy atom. The van der Waals surface area contributed by atoms with Gasteiger partial charge in [0.2, 0.25) is 65.0 Å². The van der Waals surface area contributed by atoms with Crippen LogP contribution in [0.2, 0.25) is 5.02 Å². The molecule has 2 aromatic carbocycles. The Labute approximate surface area is 634 Å². The third-order valence-electron chi connectivity index (χ3n) is 20.4. The fourth-order valence-electron chi connectivity index (χ4n) is 13.6. The van der Waals surface area contributed by atoms with E-state index >= 15 is 33.6 Å². The molecule has 2 fully saturated rings. The number of rotatable bonds is 21. The normalized spacial score (nSPS) is 25.6. The van der Waals surface area contributed by atoms with Gasteiger partial charge in [0.15, 0.2) is 0 Å². The van der Waals surface area contributed by atoms with Crippen molar-refractivity contribution in [1.82, 2.24) is 60.5 Å². The number of nitrogens with one attached hydrogen (secondary N) is 4. The summed E-state index contributed by atoms with van der Waals surface area (Å²) in [7, 11) is 10.1. The number of aliphatic hydroxyl groups excluding tert-OH is 3. The highest BCUT2D eigenvalue weighted by molar-refractivity contribution is 6.30. The van der Waals surface area contributed by atoms with Gasteiger partial charge in [-0.25, -0.2) is 0 Å². The topological polar surface area (TPSA) is 332 Å². The first-order valence-electron chi connectivity index (χ1n) is 38.0. The van der Waals surface area contributed by atoms with Gasteiger partial charge >= 0.3 is 0 Å². The van der Waals surface area contributed by atoms with Crippen LogP contribution < -0.4 is 21.3 Å². The lowest BCUT2D eigenvalue weighted by molar-refractivity contribution is -0.152. The molecular formula is C78H127ClN12O15. The fourth-order valence-corrected chi connectivity index (χ4v) is 13.8. The number of carbonyl (C=O) groups is 11. The number of hydrogen-bond donors (Lipinski definition) is 7. The number of likely N-dealkylation sites (N-methyl/N-ethyl adjacent to an activating group) is 6. The smallest absolute Gasteiger partial charge is 0.248 e. The number of hydrogen-bond acceptors (Lipinski definition) is 16. The van der Waals surface area contributed by atoms with E-state index in [4.69, 9.17) is 16.3 Å². The van der Waals surface area contributed by atoms with Crippen LogP contribution in [0.15, 0.2) is 54.6 Å². The molecule has 2 aliphatic heterocycles. The second kappa shape index (κ2) is 44.2. The molecular weight excluding hydrogens is 1380 g/mol. The van der Waals surface area contributed by atoms with Gasteiger partial charge in [0, 0.05) is 106 Å². The summed E-state index contributed by atoms with van der Waals surface area (Å²) >= 11 is 6.55. The Bertz CT molecular complexity index is 3190. The lowest BCUT2D eigenvalue weighted by atomic mass is 9.94. The molecule has 27 nitrogen and oxygen atoms in total. The molecule has 11 amide bonds. The minimum Gasteiger partial charge on any atom is -0.396 e. The maximum atomic E-state index is 15.8. The van der Waals surface area contributed by atoms with Crippen LogP contribution in [-0.4, -0.2) is 281 Å². The molecule has 13 atom stereocenters. The van der Waals surface area contributed by atoms with Crippen molar-refractivity contribution in [2.75, 3.05) is 88.8 Å². The average molecular weight is 1510 g/mol. The zero-order valence-electron chi connectivity index (χ0n) is 66.3. The first-order valence-corrected chi connectivity index (χ1v) is 38.4. The predicted molar refractivity (Wildman–Crippen MR) is 407 cm³/mol. The summed E-state index contributed by atoms with van der Waals surface area (Å²) in [5.74, 6) is -8.70. The van der Waals surface area contributed by atoms with Gasteiger partial charge < -0.3 is 75.2 Å². The number of piperidine rings is 1. The van der Waals surface area contributed by atoms with Crippen molar-refractivity contribution in [2.45, 2.75) is 239 Å². The second-order valence-corrected chi connectivity index (χ2v) is 31.4. The summed E-state index contributed by atoms with van der Waals surface area (Å²) < 4.78 is 5.94. The largest absolute Gasteiger partial charge is 0.396 e. The van der Waals surface area contributed by atoms with Gasteiger partial charge in [-0.15, -0.1) is 0 Å². The Morgan fingerprint density at radius 2 is 1.05 bits per heavy atom. The van der Waals surface area contributed by atoms with Crippen molar-refractivity contribution < 1.29 is 72.8 Å². The van der Waals surface area contributed by atoms with Crippen molar-refractivity contribution in [3.8, 4) is 0 Å². The molecule has 28 heteroatoms. The van der Waals surface area contributed by atoms with E-state index in [1.54, 1.807) is 87.3 Å². The minimum absolute atomic E-state index is 0.0145. The molecule has 0 aromatic heterocycles. The van der Waals surface area contributed by atoms with Crippen LogP contribution in [0.1, 0.15) is 164 Å². The number of halogens is 1. The molecule has 0 saturated carbocycles. The lowest BCUT2D eigenvalue weighted by Crippen LogP contribution is -2.63. The second-order valence-electron chi connectivity index (χ2n) is 30.9.